The number of imide groups is 1. The molecule has 0 radical (unpaired) electrons. The Balaban J connectivity index is 1.87. The van der Waals surface area contributed by atoms with Crippen LogP contribution in [-0.2, 0) is 14.3 Å². The third-order valence-corrected chi connectivity index (χ3v) is 3.91. The van der Waals surface area contributed by atoms with E-state index in [0.29, 0.717) is 5.02 Å². The van der Waals surface area contributed by atoms with Crippen LogP contribution in [0.15, 0.2) is 24.3 Å². The van der Waals surface area contributed by atoms with Crippen molar-refractivity contribution in [2.45, 2.75) is 38.6 Å². The monoisotopic (exact) mass is 352 g/mol. The van der Waals surface area contributed by atoms with Gasteiger partial charge in [-0.2, -0.15) is 0 Å². The van der Waals surface area contributed by atoms with E-state index in [-0.39, 0.29) is 12.0 Å². The average molecular weight is 353 g/mol. The maximum Gasteiger partial charge on any atom is 0.321 e. The molecule has 7 heteroatoms. The molecule has 1 atom stereocenters. The lowest BCUT2D eigenvalue weighted by Crippen LogP contribution is -2.42. The summed E-state index contributed by atoms with van der Waals surface area (Å²) in [6.45, 7) is 3.29. The first-order chi connectivity index (χ1) is 11.4. The summed E-state index contributed by atoms with van der Waals surface area (Å²) in [4.78, 5) is 35.4. The number of nitrogens with one attached hydrogen (secondary N) is 2. The second-order valence-electron chi connectivity index (χ2n) is 6.18. The highest BCUT2D eigenvalue weighted by atomic mass is 35.5. The molecule has 0 aromatic heterocycles. The van der Waals surface area contributed by atoms with Crippen molar-refractivity contribution in [1.82, 2.24) is 10.6 Å². The summed E-state index contributed by atoms with van der Waals surface area (Å²) in [5.74, 6) is -1.68. The van der Waals surface area contributed by atoms with E-state index >= 15 is 0 Å². The molecule has 2 rings (SSSR count). The van der Waals surface area contributed by atoms with Gasteiger partial charge in [0, 0.05) is 11.1 Å². The van der Waals surface area contributed by atoms with Crippen LogP contribution in [0.4, 0.5) is 4.79 Å². The maximum atomic E-state index is 12.3. The number of ether oxygens (including phenoxy) is 1. The van der Waals surface area contributed by atoms with Gasteiger partial charge in [0.05, 0.1) is 5.92 Å². The molecule has 2 N–H and O–H groups in total. The standard InChI is InChI=1S/C17H21ClN2O4/c1-10(2)15(11-3-5-12(18)6-4-11)16(22)24-9-14(21)20-17(23)19-13-7-8-13/h3-6,10,13,15H,7-9H2,1-2H3,(H2,19,20,21,23)/t15-/m0/s1. The number of urea groups is 1. The zero-order valence-corrected chi connectivity index (χ0v) is 14.4. The summed E-state index contributed by atoms with van der Waals surface area (Å²) in [5, 5.41) is 5.34. The number of esters is 1. The Labute approximate surface area is 145 Å². The van der Waals surface area contributed by atoms with Crippen LogP contribution < -0.4 is 10.6 Å². The second kappa shape index (κ2) is 8.15. The minimum Gasteiger partial charge on any atom is -0.455 e. The number of carbonyl (C=O) groups excluding carboxylic acids is 3. The quantitative estimate of drug-likeness (QED) is 0.771. The molecule has 1 aromatic carbocycles. The van der Waals surface area contributed by atoms with Gasteiger partial charge in [0.25, 0.3) is 5.91 Å². The Hall–Kier alpha value is -2.08. The lowest BCUT2D eigenvalue weighted by atomic mass is 9.88. The first kappa shape index (κ1) is 18.3. The molecule has 3 amide bonds. The molecule has 1 saturated carbocycles. The first-order valence-corrected chi connectivity index (χ1v) is 8.27. The lowest BCUT2D eigenvalue weighted by Gasteiger charge is -2.19. The topological polar surface area (TPSA) is 84.5 Å². The largest absolute Gasteiger partial charge is 0.455 e. The minimum atomic E-state index is -0.653. The summed E-state index contributed by atoms with van der Waals surface area (Å²) in [5.41, 5.74) is 0.770. The van der Waals surface area contributed by atoms with Gasteiger partial charge in [-0.15, -0.1) is 0 Å². The van der Waals surface area contributed by atoms with Crippen molar-refractivity contribution in [3.8, 4) is 0 Å². The molecule has 6 nitrogen and oxygen atoms in total. The smallest absolute Gasteiger partial charge is 0.321 e. The molecule has 1 fully saturated rings. The molecular formula is C17H21ClN2O4. The highest BCUT2D eigenvalue weighted by Crippen LogP contribution is 2.27. The van der Waals surface area contributed by atoms with Gasteiger partial charge in [0.2, 0.25) is 0 Å². The van der Waals surface area contributed by atoms with Gasteiger partial charge in [-0.3, -0.25) is 14.9 Å². The number of hydrogen-bond donors (Lipinski definition) is 2. The SMILES string of the molecule is CC(C)[C@H](C(=O)OCC(=O)NC(=O)NC1CC1)c1ccc(Cl)cc1. The van der Waals surface area contributed by atoms with E-state index < -0.39 is 30.4 Å². The normalized spacial score (nSPS) is 14.8. The van der Waals surface area contributed by atoms with E-state index in [9.17, 15) is 14.4 Å². The summed E-state index contributed by atoms with van der Waals surface area (Å²) >= 11 is 5.86. The highest BCUT2D eigenvalue weighted by molar-refractivity contribution is 6.30. The van der Waals surface area contributed by atoms with Gasteiger partial charge in [-0.25, -0.2) is 4.79 Å². The zero-order valence-electron chi connectivity index (χ0n) is 13.7. The molecule has 0 unspecified atom stereocenters. The number of benzene rings is 1. The van der Waals surface area contributed by atoms with Crippen molar-refractivity contribution in [3.63, 3.8) is 0 Å². The van der Waals surface area contributed by atoms with Crippen LogP contribution in [0, 0.1) is 5.92 Å². The number of halogens is 1. The number of amides is 3. The van der Waals surface area contributed by atoms with Crippen LogP contribution in [0.25, 0.3) is 0 Å². The van der Waals surface area contributed by atoms with Gasteiger partial charge in [-0.05, 0) is 36.5 Å². The predicted molar refractivity (Wildman–Crippen MR) is 89.7 cm³/mol. The van der Waals surface area contributed by atoms with E-state index in [4.69, 9.17) is 16.3 Å². The van der Waals surface area contributed by atoms with E-state index in [1.807, 2.05) is 13.8 Å². The lowest BCUT2D eigenvalue weighted by molar-refractivity contribution is -0.150. The van der Waals surface area contributed by atoms with Crippen molar-refractivity contribution in [1.29, 1.82) is 0 Å². The molecule has 0 saturated heterocycles. The Bertz CT molecular complexity index is 612. The van der Waals surface area contributed by atoms with Gasteiger partial charge < -0.3 is 10.1 Å². The Morgan fingerprint density at radius 2 is 1.83 bits per heavy atom. The average Bonchev–Trinajstić information content (AvgIpc) is 3.30. The van der Waals surface area contributed by atoms with Crippen LogP contribution in [0.2, 0.25) is 5.02 Å². The molecule has 1 aliphatic carbocycles. The van der Waals surface area contributed by atoms with Crippen LogP contribution in [0.1, 0.15) is 38.2 Å². The Morgan fingerprint density at radius 1 is 1.21 bits per heavy atom. The summed E-state index contributed by atoms with van der Waals surface area (Å²) in [6.07, 6.45) is 1.85. The van der Waals surface area contributed by atoms with Gasteiger partial charge in [0.1, 0.15) is 0 Å². The van der Waals surface area contributed by atoms with Crippen LogP contribution in [-0.4, -0.2) is 30.6 Å². The fraction of sp³-hybridized carbons (Fsp3) is 0.471. The van der Waals surface area contributed by atoms with Crippen LogP contribution in [0.3, 0.4) is 0 Å². The van der Waals surface area contributed by atoms with E-state index in [0.717, 1.165) is 18.4 Å². The van der Waals surface area contributed by atoms with E-state index in [1.54, 1.807) is 24.3 Å². The predicted octanol–water partition coefficient (Wildman–Crippen LogP) is 2.61. The van der Waals surface area contributed by atoms with Crippen molar-refractivity contribution in [2.75, 3.05) is 6.61 Å². The van der Waals surface area contributed by atoms with Crippen LogP contribution in [0.5, 0.6) is 0 Å². The Morgan fingerprint density at radius 3 is 2.38 bits per heavy atom. The highest BCUT2D eigenvalue weighted by Gasteiger charge is 2.27. The van der Waals surface area contributed by atoms with E-state index in [1.165, 1.54) is 0 Å². The molecule has 0 aliphatic heterocycles. The third kappa shape index (κ3) is 5.53. The summed E-state index contributed by atoms with van der Waals surface area (Å²) < 4.78 is 5.07. The summed E-state index contributed by atoms with van der Waals surface area (Å²) in [7, 11) is 0. The molecule has 1 aromatic rings. The first-order valence-electron chi connectivity index (χ1n) is 7.89. The van der Waals surface area contributed by atoms with Gasteiger partial charge in [0.15, 0.2) is 6.61 Å². The molecule has 130 valence electrons. The minimum absolute atomic E-state index is 0.0140. The van der Waals surface area contributed by atoms with Crippen molar-refractivity contribution in [2.24, 2.45) is 5.92 Å². The van der Waals surface area contributed by atoms with Crippen molar-refractivity contribution >= 4 is 29.5 Å². The maximum absolute atomic E-state index is 12.3. The molecule has 1 aliphatic rings. The number of hydrogen-bond acceptors (Lipinski definition) is 4. The second-order valence-corrected chi connectivity index (χ2v) is 6.61. The van der Waals surface area contributed by atoms with Crippen molar-refractivity contribution < 1.29 is 19.1 Å². The third-order valence-electron chi connectivity index (χ3n) is 3.66. The van der Waals surface area contributed by atoms with Crippen molar-refractivity contribution in [3.05, 3.63) is 34.9 Å². The molecule has 0 heterocycles. The number of rotatable bonds is 6. The molecule has 0 bridgehead atoms. The molecule has 24 heavy (non-hydrogen) atoms. The number of carbonyl (C=O) groups is 3. The van der Waals surface area contributed by atoms with Gasteiger partial charge >= 0.3 is 12.0 Å². The Kier molecular flexibility index (Phi) is 6.20. The molecule has 0 spiro atoms. The van der Waals surface area contributed by atoms with Crippen LogP contribution >= 0.6 is 11.6 Å². The fourth-order valence-corrected chi connectivity index (χ4v) is 2.43. The van der Waals surface area contributed by atoms with Gasteiger partial charge in [-0.1, -0.05) is 37.6 Å². The zero-order chi connectivity index (χ0) is 17.7. The van der Waals surface area contributed by atoms with E-state index in [2.05, 4.69) is 10.6 Å². The fourth-order valence-electron chi connectivity index (χ4n) is 2.30. The summed E-state index contributed by atoms with van der Waals surface area (Å²) in [6, 6.07) is 6.52. The molecular weight excluding hydrogens is 332 g/mol.